The second-order valence-electron chi connectivity index (χ2n) is 7.54. The molecule has 2 unspecified atom stereocenters. The lowest BCUT2D eigenvalue weighted by Gasteiger charge is -2.39. The summed E-state index contributed by atoms with van der Waals surface area (Å²) in [6.45, 7) is 5.96. The highest BCUT2D eigenvalue weighted by molar-refractivity contribution is 5.78. The zero-order chi connectivity index (χ0) is 17.9. The number of aliphatic hydroxyl groups is 1. The molecule has 1 aromatic carbocycles. The molecule has 0 aromatic heterocycles. The SMILES string of the molecule is CC1(CN=C(N)N2CCN(c3ccc(F)cc3)CC2)CCCCC1O. The van der Waals surface area contributed by atoms with Gasteiger partial charge in [-0.2, -0.15) is 0 Å². The van der Waals surface area contributed by atoms with Gasteiger partial charge in [0, 0.05) is 37.3 Å². The Morgan fingerprint density at radius 3 is 2.56 bits per heavy atom. The number of piperazine rings is 1. The fourth-order valence-corrected chi connectivity index (χ4v) is 3.77. The number of anilines is 1. The minimum Gasteiger partial charge on any atom is -0.392 e. The first-order chi connectivity index (χ1) is 12.0. The second-order valence-corrected chi connectivity index (χ2v) is 7.54. The van der Waals surface area contributed by atoms with Crippen LogP contribution in [0.3, 0.4) is 0 Å². The molecular formula is C19H29FN4O. The van der Waals surface area contributed by atoms with Gasteiger partial charge in [0.1, 0.15) is 5.82 Å². The summed E-state index contributed by atoms with van der Waals surface area (Å²) >= 11 is 0. The second kappa shape index (κ2) is 7.60. The van der Waals surface area contributed by atoms with E-state index in [0.717, 1.165) is 57.5 Å². The molecule has 0 spiro atoms. The van der Waals surface area contributed by atoms with Gasteiger partial charge in [-0.1, -0.05) is 19.8 Å². The summed E-state index contributed by atoms with van der Waals surface area (Å²) in [6.07, 6.45) is 3.83. The molecule has 6 heteroatoms. The molecule has 1 aliphatic heterocycles. The van der Waals surface area contributed by atoms with E-state index in [1.807, 2.05) is 12.1 Å². The zero-order valence-electron chi connectivity index (χ0n) is 15.0. The quantitative estimate of drug-likeness (QED) is 0.649. The van der Waals surface area contributed by atoms with Crippen molar-refractivity contribution in [1.82, 2.24) is 4.90 Å². The van der Waals surface area contributed by atoms with E-state index in [1.165, 1.54) is 12.1 Å². The highest BCUT2D eigenvalue weighted by Gasteiger charge is 2.35. The Morgan fingerprint density at radius 2 is 1.92 bits per heavy atom. The fourth-order valence-electron chi connectivity index (χ4n) is 3.77. The largest absolute Gasteiger partial charge is 0.392 e. The number of aliphatic hydroxyl groups excluding tert-OH is 1. The third kappa shape index (κ3) is 4.24. The van der Waals surface area contributed by atoms with Crippen LogP contribution in [-0.4, -0.2) is 54.8 Å². The summed E-state index contributed by atoms with van der Waals surface area (Å²) < 4.78 is 13.0. The van der Waals surface area contributed by atoms with Crippen molar-refractivity contribution in [3.63, 3.8) is 0 Å². The number of rotatable bonds is 3. The monoisotopic (exact) mass is 348 g/mol. The lowest BCUT2D eigenvalue weighted by molar-refractivity contribution is 0.00707. The number of hydrogen-bond donors (Lipinski definition) is 2. The van der Waals surface area contributed by atoms with E-state index in [9.17, 15) is 9.50 Å². The van der Waals surface area contributed by atoms with Gasteiger partial charge >= 0.3 is 0 Å². The summed E-state index contributed by atoms with van der Waals surface area (Å²) in [4.78, 5) is 8.92. The van der Waals surface area contributed by atoms with Gasteiger partial charge in [-0.05, 0) is 37.1 Å². The Bertz CT molecular complexity index is 598. The van der Waals surface area contributed by atoms with Gasteiger partial charge in [0.15, 0.2) is 5.96 Å². The molecule has 0 amide bonds. The third-order valence-electron chi connectivity index (χ3n) is 5.68. The van der Waals surface area contributed by atoms with Crippen LogP contribution in [0.4, 0.5) is 10.1 Å². The molecule has 1 aliphatic carbocycles. The maximum Gasteiger partial charge on any atom is 0.191 e. The molecule has 1 saturated heterocycles. The third-order valence-corrected chi connectivity index (χ3v) is 5.68. The normalized spacial score (nSPS) is 28.3. The van der Waals surface area contributed by atoms with Crippen LogP contribution in [0.5, 0.6) is 0 Å². The van der Waals surface area contributed by atoms with Crippen LogP contribution in [0.15, 0.2) is 29.3 Å². The Balaban J connectivity index is 1.54. The minimum absolute atomic E-state index is 0.154. The number of halogens is 1. The molecule has 2 aliphatic rings. The smallest absolute Gasteiger partial charge is 0.191 e. The Morgan fingerprint density at radius 1 is 1.24 bits per heavy atom. The van der Waals surface area contributed by atoms with Crippen molar-refractivity contribution >= 4 is 11.6 Å². The van der Waals surface area contributed by atoms with Gasteiger partial charge in [0.2, 0.25) is 0 Å². The van der Waals surface area contributed by atoms with E-state index in [-0.39, 0.29) is 17.3 Å². The molecule has 1 heterocycles. The van der Waals surface area contributed by atoms with Crippen LogP contribution in [0, 0.1) is 11.2 Å². The van der Waals surface area contributed by atoms with E-state index < -0.39 is 0 Å². The summed E-state index contributed by atoms with van der Waals surface area (Å²) in [5.41, 5.74) is 7.08. The molecule has 1 aromatic rings. The predicted octanol–water partition coefficient (Wildman–Crippen LogP) is 2.20. The summed E-state index contributed by atoms with van der Waals surface area (Å²) in [5, 5.41) is 10.3. The van der Waals surface area contributed by atoms with Crippen molar-refractivity contribution in [2.24, 2.45) is 16.1 Å². The van der Waals surface area contributed by atoms with Crippen molar-refractivity contribution in [3.8, 4) is 0 Å². The van der Waals surface area contributed by atoms with Crippen molar-refractivity contribution in [2.75, 3.05) is 37.6 Å². The van der Waals surface area contributed by atoms with E-state index in [0.29, 0.717) is 12.5 Å². The molecule has 1 saturated carbocycles. The van der Waals surface area contributed by atoms with Crippen LogP contribution in [0.2, 0.25) is 0 Å². The summed E-state index contributed by atoms with van der Waals surface area (Å²) in [7, 11) is 0. The molecule has 25 heavy (non-hydrogen) atoms. The van der Waals surface area contributed by atoms with Gasteiger partial charge in [-0.15, -0.1) is 0 Å². The first-order valence-corrected chi connectivity index (χ1v) is 9.21. The number of nitrogens with zero attached hydrogens (tertiary/aromatic N) is 3. The van der Waals surface area contributed by atoms with Crippen LogP contribution >= 0.6 is 0 Å². The molecule has 5 nitrogen and oxygen atoms in total. The van der Waals surface area contributed by atoms with Crippen molar-refractivity contribution in [3.05, 3.63) is 30.1 Å². The summed E-state index contributed by atoms with van der Waals surface area (Å²) in [5.74, 6) is 0.356. The molecule has 0 radical (unpaired) electrons. The number of nitrogens with two attached hydrogens (primary N) is 1. The number of guanidine groups is 1. The number of benzene rings is 1. The Labute approximate surface area is 149 Å². The fraction of sp³-hybridized carbons (Fsp3) is 0.632. The minimum atomic E-state index is -0.284. The molecule has 138 valence electrons. The highest BCUT2D eigenvalue weighted by Crippen LogP contribution is 2.36. The van der Waals surface area contributed by atoms with Gasteiger partial charge < -0.3 is 20.6 Å². The topological polar surface area (TPSA) is 65.1 Å². The molecule has 2 fully saturated rings. The predicted molar refractivity (Wildman–Crippen MR) is 99.3 cm³/mol. The average Bonchev–Trinajstić information content (AvgIpc) is 2.63. The van der Waals surface area contributed by atoms with E-state index in [1.54, 1.807) is 0 Å². The summed E-state index contributed by atoms with van der Waals surface area (Å²) in [6, 6.07) is 6.61. The lowest BCUT2D eigenvalue weighted by Crippen LogP contribution is -2.51. The van der Waals surface area contributed by atoms with E-state index >= 15 is 0 Å². The number of hydrogen-bond acceptors (Lipinski definition) is 3. The van der Waals surface area contributed by atoms with Crippen LogP contribution < -0.4 is 10.6 Å². The van der Waals surface area contributed by atoms with Gasteiger partial charge in [0.05, 0.1) is 12.6 Å². The zero-order valence-corrected chi connectivity index (χ0v) is 15.0. The van der Waals surface area contributed by atoms with Crippen molar-refractivity contribution < 1.29 is 9.50 Å². The van der Waals surface area contributed by atoms with E-state index in [4.69, 9.17) is 5.73 Å². The standard InChI is InChI=1S/C19H29FN4O/c1-19(9-3-2-4-17(19)25)14-22-18(21)24-12-10-23(11-13-24)16-7-5-15(20)6-8-16/h5-8,17,25H,2-4,9-14H2,1H3,(H2,21,22). The Hall–Kier alpha value is -1.82. The maximum absolute atomic E-state index is 13.0. The number of aliphatic imine (C=N–C) groups is 1. The van der Waals surface area contributed by atoms with Gasteiger partial charge in [0.25, 0.3) is 0 Å². The van der Waals surface area contributed by atoms with Crippen LogP contribution in [-0.2, 0) is 0 Å². The lowest BCUT2D eigenvalue weighted by atomic mass is 9.73. The van der Waals surface area contributed by atoms with Crippen LogP contribution in [0.1, 0.15) is 32.6 Å². The first kappa shape index (κ1) is 18.0. The molecule has 3 N–H and O–H groups in total. The Kier molecular flexibility index (Phi) is 5.47. The van der Waals surface area contributed by atoms with Crippen LogP contribution in [0.25, 0.3) is 0 Å². The average molecular weight is 348 g/mol. The molecular weight excluding hydrogens is 319 g/mol. The van der Waals surface area contributed by atoms with Gasteiger partial charge in [-0.3, -0.25) is 4.99 Å². The molecule has 0 bridgehead atoms. The molecule has 2 atom stereocenters. The highest BCUT2D eigenvalue weighted by atomic mass is 19.1. The van der Waals surface area contributed by atoms with Crippen molar-refractivity contribution in [2.45, 2.75) is 38.7 Å². The maximum atomic E-state index is 13.0. The van der Waals surface area contributed by atoms with Gasteiger partial charge in [-0.25, -0.2) is 4.39 Å². The first-order valence-electron chi connectivity index (χ1n) is 9.21. The molecule has 3 rings (SSSR count). The van der Waals surface area contributed by atoms with E-state index in [2.05, 4.69) is 21.7 Å². The van der Waals surface area contributed by atoms with Crippen molar-refractivity contribution in [1.29, 1.82) is 0 Å².